The Bertz CT molecular complexity index is 1360. The van der Waals surface area contributed by atoms with Crippen molar-refractivity contribution in [2.24, 2.45) is 0 Å². The highest BCUT2D eigenvalue weighted by Gasteiger charge is 2.33. The van der Waals surface area contributed by atoms with Gasteiger partial charge >= 0.3 is 0 Å². The van der Waals surface area contributed by atoms with Crippen LogP contribution in [0.25, 0.3) is 0 Å². The number of carbonyl (C=O) groups excluding carboxylic acids is 2. The fraction of sp³-hybridized carbons (Fsp3) is 0.355. The molecule has 0 aliphatic heterocycles. The smallest absolute Gasteiger partial charge is 0.264 e. The third-order valence-electron chi connectivity index (χ3n) is 6.67. The summed E-state index contributed by atoms with van der Waals surface area (Å²) in [6.45, 7) is 6.09. The van der Waals surface area contributed by atoms with Crippen LogP contribution < -0.4 is 9.62 Å². The van der Waals surface area contributed by atoms with E-state index in [2.05, 4.69) is 5.32 Å². The van der Waals surface area contributed by atoms with E-state index in [9.17, 15) is 18.0 Å². The quantitative estimate of drug-likeness (QED) is 0.250. The van der Waals surface area contributed by atoms with E-state index in [-0.39, 0.29) is 17.3 Å². The van der Waals surface area contributed by atoms with Crippen LogP contribution in [0.4, 0.5) is 5.69 Å². The molecule has 0 aliphatic rings. The molecule has 0 bridgehead atoms. The summed E-state index contributed by atoms with van der Waals surface area (Å²) in [7, 11) is -4.13. The van der Waals surface area contributed by atoms with E-state index in [0.29, 0.717) is 30.1 Å². The fourth-order valence-electron chi connectivity index (χ4n) is 4.45. The Kier molecular flexibility index (Phi) is 11.6. The monoisotopic (exact) mass is 583 g/mol. The Morgan fingerprint density at radius 3 is 2.27 bits per heavy atom. The summed E-state index contributed by atoms with van der Waals surface area (Å²) in [6, 6.07) is 21.8. The Labute approximate surface area is 243 Å². The van der Waals surface area contributed by atoms with Crippen LogP contribution in [0, 0.1) is 6.92 Å². The number of sulfonamides is 1. The second kappa shape index (κ2) is 14.9. The van der Waals surface area contributed by atoms with Gasteiger partial charge in [-0.05, 0) is 73.7 Å². The first-order valence-electron chi connectivity index (χ1n) is 13.6. The number of unbranched alkanes of at least 4 members (excludes halogenated alkanes) is 1. The standard InChI is InChI=1S/C31H38ClN3O4S/c1-4-6-20-33-31(37)29(5-2)34(21-19-25-12-8-7-9-13-25)30(36)23-35(27-14-10-11-24(3)22-27)40(38,39)28-17-15-26(32)16-18-28/h7-18,22,29H,4-6,19-21,23H2,1-3H3,(H,33,37)/t29-/m0/s1. The van der Waals surface area contributed by atoms with Gasteiger partial charge in [0.1, 0.15) is 12.6 Å². The van der Waals surface area contributed by atoms with Gasteiger partial charge in [0, 0.05) is 18.1 Å². The molecule has 0 fully saturated rings. The maximum absolute atomic E-state index is 14.0. The van der Waals surface area contributed by atoms with Crippen molar-refractivity contribution in [2.45, 2.75) is 57.4 Å². The topological polar surface area (TPSA) is 86.8 Å². The van der Waals surface area contributed by atoms with E-state index in [1.54, 1.807) is 18.2 Å². The number of carbonyl (C=O) groups is 2. The highest BCUT2D eigenvalue weighted by atomic mass is 35.5. The zero-order chi connectivity index (χ0) is 29.1. The molecular weight excluding hydrogens is 546 g/mol. The highest BCUT2D eigenvalue weighted by molar-refractivity contribution is 7.92. The number of aryl methyl sites for hydroxylation is 1. The van der Waals surface area contributed by atoms with Gasteiger partial charge in [-0.2, -0.15) is 0 Å². The van der Waals surface area contributed by atoms with Crippen molar-refractivity contribution in [3.63, 3.8) is 0 Å². The summed E-state index contributed by atoms with van der Waals surface area (Å²) in [5.74, 6) is -0.688. The summed E-state index contributed by atoms with van der Waals surface area (Å²) < 4.78 is 28.9. The molecular formula is C31H38ClN3O4S. The number of anilines is 1. The van der Waals surface area contributed by atoms with Crippen LogP contribution >= 0.6 is 11.6 Å². The number of rotatable bonds is 14. The predicted octanol–water partition coefficient (Wildman–Crippen LogP) is 5.61. The van der Waals surface area contributed by atoms with E-state index in [1.165, 1.54) is 29.2 Å². The maximum atomic E-state index is 14.0. The third-order valence-corrected chi connectivity index (χ3v) is 8.71. The molecule has 0 radical (unpaired) electrons. The third kappa shape index (κ3) is 8.32. The van der Waals surface area contributed by atoms with Gasteiger partial charge in [-0.1, -0.05) is 74.3 Å². The molecule has 9 heteroatoms. The summed E-state index contributed by atoms with van der Waals surface area (Å²) in [6.07, 6.45) is 2.69. The van der Waals surface area contributed by atoms with Crippen molar-refractivity contribution >= 4 is 39.1 Å². The van der Waals surface area contributed by atoms with Gasteiger partial charge in [0.15, 0.2) is 0 Å². The summed E-state index contributed by atoms with van der Waals surface area (Å²) in [4.78, 5) is 28.8. The van der Waals surface area contributed by atoms with Crippen molar-refractivity contribution in [2.75, 3.05) is 23.9 Å². The van der Waals surface area contributed by atoms with Crippen LogP contribution in [-0.2, 0) is 26.0 Å². The molecule has 40 heavy (non-hydrogen) atoms. The lowest BCUT2D eigenvalue weighted by Gasteiger charge is -2.33. The lowest BCUT2D eigenvalue weighted by atomic mass is 10.1. The van der Waals surface area contributed by atoms with Gasteiger partial charge in [-0.15, -0.1) is 0 Å². The number of benzene rings is 3. The van der Waals surface area contributed by atoms with Crippen molar-refractivity contribution in [1.29, 1.82) is 0 Å². The molecule has 0 saturated heterocycles. The first kappa shape index (κ1) is 31.2. The molecule has 0 aromatic heterocycles. The Hall–Kier alpha value is -3.36. The zero-order valence-corrected chi connectivity index (χ0v) is 24.9. The summed E-state index contributed by atoms with van der Waals surface area (Å²) in [5, 5.41) is 3.35. The number of amides is 2. The second-order valence-electron chi connectivity index (χ2n) is 9.70. The van der Waals surface area contributed by atoms with Crippen molar-refractivity contribution < 1.29 is 18.0 Å². The molecule has 1 atom stereocenters. The molecule has 0 saturated carbocycles. The molecule has 0 unspecified atom stereocenters. The van der Waals surface area contributed by atoms with Crippen molar-refractivity contribution in [3.8, 4) is 0 Å². The number of hydrogen-bond acceptors (Lipinski definition) is 4. The van der Waals surface area contributed by atoms with Gasteiger partial charge in [0.25, 0.3) is 10.0 Å². The van der Waals surface area contributed by atoms with Crippen molar-refractivity contribution in [3.05, 3.63) is 95.0 Å². The normalized spacial score (nSPS) is 12.0. The SMILES string of the molecule is CCCCNC(=O)[C@H](CC)N(CCc1ccccc1)C(=O)CN(c1cccc(C)c1)S(=O)(=O)c1ccc(Cl)cc1. The molecule has 214 valence electrons. The fourth-order valence-corrected chi connectivity index (χ4v) is 5.98. The minimum absolute atomic E-state index is 0.0198. The number of nitrogens with zero attached hydrogens (tertiary/aromatic N) is 2. The average Bonchev–Trinajstić information content (AvgIpc) is 2.94. The lowest BCUT2D eigenvalue weighted by molar-refractivity contribution is -0.139. The van der Waals surface area contributed by atoms with Crippen LogP contribution in [0.3, 0.4) is 0 Å². The van der Waals surface area contributed by atoms with Crippen molar-refractivity contribution in [1.82, 2.24) is 10.2 Å². The molecule has 0 aliphatic carbocycles. The van der Waals surface area contributed by atoms with E-state index >= 15 is 0 Å². The molecule has 0 heterocycles. The number of hydrogen-bond donors (Lipinski definition) is 1. The summed E-state index contributed by atoms with van der Waals surface area (Å²) >= 11 is 6.01. The van der Waals surface area contributed by atoms with Crippen LogP contribution in [0.1, 0.15) is 44.2 Å². The van der Waals surface area contributed by atoms with Gasteiger partial charge in [0.05, 0.1) is 10.6 Å². The maximum Gasteiger partial charge on any atom is 0.264 e. The minimum atomic E-state index is -4.13. The molecule has 3 aromatic rings. The molecule has 3 rings (SSSR count). The zero-order valence-electron chi connectivity index (χ0n) is 23.3. The molecule has 7 nitrogen and oxygen atoms in total. The Morgan fingerprint density at radius 1 is 0.950 bits per heavy atom. The van der Waals surface area contributed by atoms with E-state index in [1.807, 2.05) is 57.2 Å². The molecule has 1 N–H and O–H groups in total. The van der Waals surface area contributed by atoms with E-state index in [4.69, 9.17) is 11.6 Å². The first-order valence-corrected chi connectivity index (χ1v) is 15.4. The van der Waals surface area contributed by atoms with Crippen LogP contribution in [0.5, 0.6) is 0 Å². The number of nitrogens with one attached hydrogen (secondary N) is 1. The predicted molar refractivity (Wildman–Crippen MR) is 161 cm³/mol. The first-order chi connectivity index (χ1) is 19.2. The van der Waals surface area contributed by atoms with Crippen LogP contribution in [-0.4, -0.2) is 50.8 Å². The summed E-state index contributed by atoms with van der Waals surface area (Å²) in [5.41, 5.74) is 2.24. The average molecular weight is 584 g/mol. The van der Waals surface area contributed by atoms with E-state index < -0.39 is 28.5 Å². The lowest BCUT2D eigenvalue weighted by Crippen LogP contribution is -2.53. The molecule has 0 spiro atoms. The molecule has 2 amide bonds. The van der Waals surface area contributed by atoms with Gasteiger partial charge in [0.2, 0.25) is 11.8 Å². The van der Waals surface area contributed by atoms with Gasteiger partial charge in [-0.3, -0.25) is 13.9 Å². The number of halogens is 1. The van der Waals surface area contributed by atoms with E-state index in [0.717, 1.165) is 28.3 Å². The van der Waals surface area contributed by atoms with Gasteiger partial charge < -0.3 is 10.2 Å². The van der Waals surface area contributed by atoms with Crippen LogP contribution in [0.2, 0.25) is 5.02 Å². The highest BCUT2D eigenvalue weighted by Crippen LogP contribution is 2.26. The minimum Gasteiger partial charge on any atom is -0.354 e. The Balaban J connectivity index is 1.98. The largest absolute Gasteiger partial charge is 0.354 e. The van der Waals surface area contributed by atoms with Gasteiger partial charge in [-0.25, -0.2) is 8.42 Å². The van der Waals surface area contributed by atoms with Crippen LogP contribution in [0.15, 0.2) is 83.8 Å². The second-order valence-corrected chi connectivity index (χ2v) is 12.0. The Morgan fingerprint density at radius 2 is 1.65 bits per heavy atom. The molecule has 3 aromatic carbocycles.